The van der Waals surface area contributed by atoms with Gasteiger partial charge in [0.15, 0.2) is 5.78 Å². The third-order valence-electron chi connectivity index (χ3n) is 4.97. The summed E-state index contributed by atoms with van der Waals surface area (Å²) in [6.45, 7) is 0. The van der Waals surface area contributed by atoms with Crippen molar-refractivity contribution in [3.63, 3.8) is 0 Å². The van der Waals surface area contributed by atoms with Gasteiger partial charge in [-0.15, -0.1) is 11.8 Å². The van der Waals surface area contributed by atoms with Crippen molar-refractivity contribution in [3.05, 3.63) is 96.6 Å². The van der Waals surface area contributed by atoms with Crippen molar-refractivity contribution in [2.45, 2.75) is 17.4 Å². The van der Waals surface area contributed by atoms with E-state index >= 15 is 0 Å². The summed E-state index contributed by atoms with van der Waals surface area (Å²) < 4.78 is 0. The van der Waals surface area contributed by atoms with E-state index in [9.17, 15) is 9.59 Å². The largest absolute Gasteiger partial charge is 0.297 e. The molecule has 0 radical (unpaired) electrons. The average Bonchev–Trinajstić information content (AvgIpc) is 3.00. The molecule has 1 fully saturated rings. The Hall–Kier alpha value is -2.85. The molecule has 0 N–H and O–H groups in total. The molecule has 0 unspecified atom stereocenters. The molecule has 2 atom stereocenters. The Balaban J connectivity index is 1.58. The summed E-state index contributed by atoms with van der Waals surface area (Å²) in [6, 6.07) is 28.6. The fourth-order valence-electron chi connectivity index (χ4n) is 3.63. The van der Waals surface area contributed by atoms with Gasteiger partial charge in [-0.1, -0.05) is 66.7 Å². The first-order chi connectivity index (χ1) is 13.8. The van der Waals surface area contributed by atoms with Gasteiger partial charge in [-0.25, -0.2) is 0 Å². The Kier molecular flexibility index (Phi) is 5.58. The van der Waals surface area contributed by atoms with E-state index < -0.39 is 12.0 Å². The van der Waals surface area contributed by atoms with Crippen LogP contribution in [-0.4, -0.2) is 17.4 Å². The van der Waals surface area contributed by atoms with Crippen molar-refractivity contribution in [1.29, 1.82) is 0 Å². The van der Waals surface area contributed by atoms with Gasteiger partial charge < -0.3 is 0 Å². The lowest BCUT2D eigenvalue weighted by molar-refractivity contribution is -0.127. The minimum Gasteiger partial charge on any atom is -0.297 e. The number of amides is 1. The van der Waals surface area contributed by atoms with Crippen LogP contribution in [0.1, 0.15) is 18.0 Å². The summed E-state index contributed by atoms with van der Waals surface area (Å²) in [5.74, 6) is 0.0325. The molecule has 28 heavy (non-hydrogen) atoms. The molecule has 3 aromatic rings. The Bertz CT molecular complexity index is 887. The average molecular weight is 388 g/mol. The number of ketones is 1. The Morgan fingerprint density at radius 1 is 0.750 bits per heavy atom. The summed E-state index contributed by atoms with van der Waals surface area (Å²) in [7, 11) is 0. The van der Waals surface area contributed by atoms with Crippen molar-refractivity contribution in [1.82, 2.24) is 0 Å². The third-order valence-corrected chi connectivity index (χ3v) is 6.02. The minimum absolute atomic E-state index is 0.00582. The monoisotopic (exact) mass is 387 g/mol. The zero-order valence-corrected chi connectivity index (χ0v) is 16.2. The molecule has 3 aromatic carbocycles. The SMILES string of the molecule is O=C1[C@@H](CCSc2ccccc2)C(=O)N(c2ccccc2)[C@@H]1c1ccccc1. The molecule has 140 valence electrons. The predicted molar refractivity (Wildman–Crippen MR) is 113 cm³/mol. The number of Topliss-reactive ketones (excluding diaryl/α,β-unsaturated/α-hetero) is 1. The molecule has 0 aromatic heterocycles. The number of hydrogen-bond donors (Lipinski definition) is 0. The standard InChI is InChI=1S/C24H21NO2S/c26-23-21(16-17-28-20-14-8-3-9-15-20)24(27)25(19-12-6-2-7-13-19)22(23)18-10-4-1-5-11-18/h1-15,21-22H,16-17H2/t21-,22-/m1/s1. The van der Waals surface area contributed by atoms with Crippen molar-refractivity contribution in [2.75, 3.05) is 10.7 Å². The Morgan fingerprint density at radius 3 is 1.96 bits per heavy atom. The van der Waals surface area contributed by atoms with E-state index in [1.807, 2.05) is 91.0 Å². The van der Waals surface area contributed by atoms with Crippen LogP contribution < -0.4 is 4.90 Å². The number of rotatable bonds is 6. The number of benzene rings is 3. The van der Waals surface area contributed by atoms with E-state index in [1.165, 1.54) is 0 Å². The van der Waals surface area contributed by atoms with Gasteiger partial charge in [0.1, 0.15) is 12.0 Å². The summed E-state index contributed by atoms with van der Waals surface area (Å²) in [4.78, 5) is 29.3. The molecule has 4 rings (SSSR count). The molecule has 1 heterocycles. The lowest BCUT2D eigenvalue weighted by Crippen LogP contribution is -2.29. The number of nitrogens with zero attached hydrogens (tertiary/aromatic N) is 1. The highest BCUT2D eigenvalue weighted by Crippen LogP contribution is 2.39. The molecule has 0 spiro atoms. The van der Waals surface area contributed by atoms with E-state index in [1.54, 1.807) is 16.7 Å². The van der Waals surface area contributed by atoms with Crippen LogP contribution in [0.15, 0.2) is 95.9 Å². The summed E-state index contributed by atoms with van der Waals surface area (Å²) >= 11 is 1.68. The van der Waals surface area contributed by atoms with Crippen LogP contribution in [0, 0.1) is 5.92 Å². The van der Waals surface area contributed by atoms with E-state index in [-0.39, 0.29) is 11.7 Å². The third kappa shape index (κ3) is 3.73. The zero-order valence-electron chi connectivity index (χ0n) is 15.4. The number of hydrogen-bond acceptors (Lipinski definition) is 3. The molecule has 0 saturated carbocycles. The van der Waals surface area contributed by atoms with Gasteiger partial charge in [0.2, 0.25) is 5.91 Å². The van der Waals surface area contributed by atoms with Crippen LogP contribution in [0.4, 0.5) is 5.69 Å². The predicted octanol–water partition coefficient (Wildman–Crippen LogP) is 5.14. The molecule has 1 aliphatic heterocycles. The molecule has 0 bridgehead atoms. The Morgan fingerprint density at radius 2 is 1.32 bits per heavy atom. The topological polar surface area (TPSA) is 37.4 Å². The van der Waals surface area contributed by atoms with Gasteiger partial charge in [0.25, 0.3) is 0 Å². The zero-order chi connectivity index (χ0) is 19.3. The Labute approximate surface area is 169 Å². The van der Waals surface area contributed by atoms with E-state index in [0.29, 0.717) is 6.42 Å². The highest BCUT2D eigenvalue weighted by atomic mass is 32.2. The second kappa shape index (κ2) is 8.44. The normalized spacial score (nSPS) is 19.2. The molecule has 1 saturated heterocycles. The molecule has 1 aliphatic rings. The highest BCUT2D eigenvalue weighted by molar-refractivity contribution is 7.99. The number of carbonyl (C=O) groups is 2. The maximum atomic E-state index is 13.3. The maximum absolute atomic E-state index is 13.3. The summed E-state index contributed by atoms with van der Waals surface area (Å²) in [5, 5.41) is 0. The number of carbonyl (C=O) groups excluding carboxylic acids is 2. The molecule has 1 amide bonds. The molecular formula is C24H21NO2S. The van der Waals surface area contributed by atoms with Crippen molar-refractivity contribution in [2.24, 2.45) is 5.92 Å². The molecular weight excluding hydrogens is 366 g/mol. The molecule has 3 nitrogen and oxygen atoms in total. The van der Waals surface area contributed by atoms with Crippen LogP contribution in [0.5, 0.6) is 0 Å². The van der Waals surface area contributed by atoms with Crippen molar-refractivity contribution in [3.8, 4) is 0 Å². The smallest absolute Gasteiger partial charge is 0.238 e. The van der Waals surface area contributed by atoms with Crippen molar-refractivity contribution >= 4 is 29.1 Å². The van der Waals surface area contributed by atoms with Gasteiger partial charge in [0.05, 0.1) is 0 Å². The van der Waals surface area contributed by atoms with Gasteiger partial charge >= 0.3 is 0 Å². The second-order valence-corrected chi connectivity index (χ2v) is 7.93. The van der Waals surface area contributed by atoms with Crippen LogP contribution in [-0.2, 0) is 9.59 Å². The molecule has 0 aliphatic carbocycles. The highest BCUT2D eigenvalue weighted by Gasteiger charge is 2.47. The first-order valence-electron chi connectivity index (χ1n) is 9.40. The lowest BCUT2D eigenvalue weighted by atomic mass is 9.96. The lowest BCUT2D eigenvalue weighted by Gasteiger charge is -2.24. The first kappa shape index (κ1) is 18.5. The number of para-hydroxylation sites is 1. The van der Waals surface area contributed by atoms with Crippen LogP contribution in [0.25, 0.3) is 0 Å². The number of anilines is 1. The van der Waals surface area contributed by atoms with Crippen LogP contribution in [0.2, 0.25) is 0 Å². The van der Waals surface area contributed by atoms with E-state index in [2.05, 4.69) is 0 Å². The fraction of sp³-hybridized carbons (Fsp3) is 0.167. The van der Waals surface area contributed by atoms with Crippen LogP contribution in [0.3, 0.4) is 0 Å². The summed E-state index contributed by atoms with van der Waals surface area (Å²) in [5.41, 5.74) is 1.64. The maximum Gasteiger partial charge on any atom is 0.238 e. The fourth-order valence-corrected chi connectivity index (χ4v) is 4.56. The van der Waals surface area contributed by atoms with Gasteiger partial charge in [-0.05, 0) is 42.0 Å². The van der Waals surface area contributed by atoms with Crippen LogP contribution >= 0.6 is 11.8 Å². The van der Waals surface area contributed by atoms with Gasteiger partial charge in [-0.3, -0.25) is 14.5 Å². The van der Waals surface area contributed by atoms with E-state index in [0.717, 1.165) is 21.9 Å². The summed E-state index contributed by atoms with van der Waals surface area (Å²) in [6.07, 6.45) is 0.546. The quantitative estimate of drug-likeness (QED) is 0.434. The van der Waals surface area contributed by atoms with Gasteiger partial charge in [-0.2, -0.15) is 0 Å². The second-order valence-electron chi connectivity index (χ2n) is 6.76. The minimum atomic E-state index is -0.596. The van der Waals surface area contributed by atoms with Crippen molar-refractivity contribution < 1.29 is 9.59 Å². The van der Waals surface area contributed by atoms with Gasteiger partial charge in [0, 0.05) is 10.6 Å². The van der Waals surface area contributed by atoms with E-state index in [4.69, 9.17) is 0 Å². The molecule has 4 heteroatoms. The first-order valence-corrected chi connectivity index (χ1v) is 10.4. The number of thioether (sulfide) groups is 1.